The van der Waals surface area contributed by atoms with Gasteiger partial charge in [-0.25, -0.2) is 22.0 Å². The molecule has 0 bridgehead atoms. The summed E-state index contributed by atoms with van der Waals surface area (Å²) in [6.07, 6.45) is -0.609. The van der Waals surface area contributed by atoms with Gasteiger partial charge in [-0.15, -0.1) is 11.3 Å². The number of nitrogens with two attached hydrogens (primary N) is 1. The van der Waals surface area contributed by atoms with Crippen LogP contribution >= 0.6 is 33.9 Å². The molecule has 4 unspecified atom stereocenters. The molecule has 1 amide bonds. The number of ether oxygens (including phenoxy) is 2. The van der Waals surface area contributed by atoms with Crippen molar-refractivity contribution < 1.29 is 36.2 Å². The molecule has 2 aromatic heterocycles. The summed E-state index contributed by atoms with van der Waals surface area (Å²) in [5, 5.41) is 4.13. The Kier molecular flexibility index (Phi) is 7.98. The molecule has 4 saturated heterocycles. The fraction of sp³-hybridized carbons (Fsp3) is 0.528. The molecular weight excluding hydrogens is 832 g/mol. The molecule has 5 aliphatic heterocycles. The molecule has 7 heterocycles. The number of halogens is 6. The average Bonchev–Trinajstić information content (AvgIpc) is 3.97. The van der Waals surface area contributed by atoms with E-state index in [1.165, 1.54) is 17.0 Å². The molecule has 1 aliphatic carbocycles. The van der Waals surface area contributed by atoms with Crippen LogP contribution in [0.25, 0.3) is 32.1 Å². The quantitative estimate of drug-likeness (QED) is 0.130. The molecule has 10 rings (SSSR count). The van der Waals surface area contributed by atoms with Crippen LogP contribution in [0.4, 0.5) is 32.8 Å². The smallest absolute Gasteiger partial charge is 0.319 e. The Labute approximate surface area is 318 Å². The van der Waals surface area contributed by atoms with Gasteiger partial charge >= 0.3 is 6.01 Å². The fourth-order valence-corrected chi connectivity index (χ4v) is 11.1. The Morgan fingerprint density at radius 2 is 2.04 bits per heavy atom. The number of alkyl halides is 3. The molecule has 0 radical (unpaired) electrons. The lowest BCUT2D eigenvalue weighted by molar-refractivity contribution is -0.130. The van der Waals surface area contributed by atoms with Gasteiger partial charge in [-0.05, 0) is 78.4 Å². The Balaban J connectivity index is 1.13. The molecule has 280 valence electrons. The van der Waals surface area contributed by atoms with E-state index < -0.39 is 48.5 Å². The van der Waals surface area contributed by atoms with Crippen LogP contribution < -0.4 is 25.4 Å². The number of anilines is 2. The normalized spacial score (nSPS) is 29.2. The third-order valence-electron chi connectivity index (χ3n) is 11.9. The number of nitrogens with one attached hydrogen (secondary N) is 1. The van der Waals surface area contributed by atoms with E-state index in [0.29, 0.717) is 38.4 Å². The van der Waals surface area contributed by atoms with Gasteiger partial charge < -0.3 is 25.0 Å². The second-order valence-electron chi connectivity index (χ2n) is 15.3. The second kappa shape index (κ2) is 12.4. The van der Waals surface area contributed by atoms with Crippen molar-refractivity contribution in [3.8, 4) is 22.9 Å². The van der Waals surface area contributed by atoms with Gasteiger partial charge in [0.1, 0.15) is 47.8 Å². The minimum Gasteiger partial charge on any atom is -0.484 e. The van der Waals surface area contributed by atoms with Gasteiger partial charge in [0.25, 0.3) is 6.43 Å². The lowest BCUT2D eigenvalue weighted by Crippen LogP contribution is -2.47. The number of carbonyl (C=O) groups is 1. The van der Waals surface area contributed by atoms with E-state index in [1.807, 2.05) is 22.6 Å². The predicted molar refractivity (Wildman–Crippen MR) is 198 cm³/mol. The van der Waals surface area contributed by atoms with E-state index in [1.54, 1.807) is 11.0 Å². The zero-order valence-electron chi connectivity index (χ0n) is 28.3. The number of nitrogens with zero attached hydrogens (tertiary/aromatic N) is 5. The maximum atomic E-state index is 17.3. The van der Waals surface area contributed by atoms with E-state index in [4.69, 9.17) is 20.2 Å². The number of likely N-dealkylation sites (tertiary alicyclic amines) is 1. The summed E-state index contributed by atoms with van der Waals surface area (Å²) in [5.74, 6) is -0.739. The van der Waals surface area contributed by atoms with Crippen LogP contribution in [0.5, 0.6) is 11.8 Å². The molecule has 5 fully saturated rings. The number of thiophene rings is 1. The average molecular weight is 868 g/mol. The standard InChI is InChI=1S/C36H35F5IN7O3S/c37-16-9-36(6-1-7-48(36)10-16)14-51-35-45-29-25-31(27(42)24(26(29)41)17-4-5-19(38)32-18(17)8-23(43)53-32)52-21-12-47(34(50)30-28(44-30)15-2-3-15)11-20(21)49(13-22(39)40)33(25)46-35/h4-5,8,15-16,20-22,28,30,44H,1-3,6-7,9-14,43H2/t16-,20?,21?,28?,30?,36+/m1/s1. The van der Waals surface area contributed by atoms with E-state index in [9.17, 15) is 22.4 Å². The van der Waals surface area contributed by atoms with Crippen molar-refractivity contribution >= 4 is 71.6 Å². The van der Waals surface area contributed by atoms with Crippen LogP contribution in [0.15, 0.2) is 18.2 Å². The monoisotopic (exact) mass is 867 g/mol. The van der Waals surface area contributed by atoms with Crippen molar-refractivity contribution in [3.05, 3.63) is 33.4 Å². The van der Waals surface area contributed by atoms with Gasteiger partial charge in [0.15, 0.2) is 5.82 Å². The third-order valence-corrected chi connectivity index (χ3v) is 13.9. The molecule has 10 nitrogen and oxygen atoms in total. The second-order valence-corrected chi connectivity index (χ2v) is 17.4. The van der Waals surface area contributed by atoms with Crippen molar-refractivity contribution in [3.63, 3.8) is 0 Å². The summed E-state index contributed by atoms with van der Waals surface area (Å²) in [5.41, 5.74) is 5.72. The number of amides is 1. The highest BCUT2D eigenvalue weighted by atomic mass is 127. The van der Waals surface area contributed by atoms with E-state index in [-0.39, 0.29) is 82.9 Å². The Bertz CT molecular complexity index is 2190. The van der Waals surface area contributed by atoms with Crippen LogP contribution in [-0.4, -0.2) is 107 Å². The first-order valence-corrected chi connectivity index (χ1v) is 19.9. The molecule has 3 N–H and O–H groups in total. The Morgan fingerprint density at radius 1 is 1.21 bits per heavy atom. The largest absolute Gasteiger partial charge is 0.484 e. The molecule has 53 heavy (non-hydrogen) atoms. The first-order chi connectivity index (χ1) is 25.5. The molecule has 6 atom stereocenters. The molecule has 17 heteroatoms. The molecular formula is C36H35F5IN7O3S. The van der Waals surface area contributed by atoms with Gasteiger partial charge in [0.05, 0.1) is 43.3 Å². The SMILES string of the molecule is Nc1cc2c(-c3c(I)c4c5c(nc(OC[C@@]67CCCN6C[C@H](F)C7)nc5c3F)N(CC(F)F)C3CN(C(=O)C5NC5C5CC5)CC3O4)ccc(F)c2s1. The van der Waals surface area contributed by atoms with Crippen molar-refractivity contribution in [1.82, 2.24) is 25.1 Å². The zero-order valence-corrected chi connectivity index (χ0v) is 31.2. The van der Waals surface area contributed by atoms with Crippen molar-refractivity contribution in [1.29, 1.82) is 0 Å². The van der Waals surface area contributed by atoms with Gasteiger partial charge in [0, 0.05) is 36.5 Å². The van der Waals surface area contributed by atoms with Crippen molar-refractivity contribution in [2.45, 2.75) is 74.5 Å². The molecule has 1 saturated carbocycles. The van der Waals surface area contributed by atoms with Gasteiger partial charge in [-0.1, -0.05) is 6.07 Å². The van der Waals surface area contributed by atoms with Crippen LogP contribution in [0, 0.1) is 21.1 Å². The minimum atomic E-state index is -2.81. The topological polar surface area (TPSA) is 119 Å². The summed E-state index contributed by atoms with van der Waals surface area (Å²) < 4.78 is 89.6. The number of hydrogen-bond donors (Lipinski definition) is 2. The number of nitrogen functional groups attached to an aromatic ring is 1. The number of benzene rings is 2. The lowest BCUT2D eigenvalue weighted by Gasteiger charge is -2.32. The number of rotatable bonds is 8. The van der Waals surface area contributed by atoms with Crippen LogP contribution in [0.3, 0.4) is 0 Å². The van der Waals surface area contributed by atoms with Crippen molar-refractivity contribution in [2.75, 3.05) is 50.0 Å². The number of aromatic nitrogens is 2. The predicted octanol–water partition coefficient (Wildman–Crippen LogP) is 5.73. The minimum absolute atomic E-state index is 0.00506. The van der Waals surface area contributed by atoms with Gasteiger partial charge in [-0.2, -0.15) is 9.97 Å². The Hall–Kier alpha value is -3.29. The number of hydrogen-bond acceptors (Lipinski definition) is 10. The zero-order chi connectivity index (χ0) is 36.5. The first kappa shape index (κ1) is 34.2. The fourth-order valence-electron chi connectivity index (χ4n) is 9.30. The first-order valence-electron chi connectivity index (χ1n) is 18.0. The van der Waals surface area contributed by atoms with Crippen LogP contribution in [0.2, 0.25) is 0 Å². The van der Waals surface area contributed by atoms with Gasteiger partial charge in [0.2, 0.25) is 5.91 Å². The third kappa shape index (κ3) is 5.52. The summed E-state index contributed by atoms with van der Waals surface area (Å²) in [4.78, 5) is 28.1. The highest BCUT2D eigenvalue weighted by molar-refractivity contribution is 14.1. The summed E-state index contributed by atoms with van der Waals surface area (Å²) in [6.45, 7) is 0.503. The maximum absolute atomic E-state index is 17.3. The summed E-state index contributed by atoms with van der Waals surface area (Å²) in [7, 11) is 0. The van der Waals surface area contributed by atoms with E-state index in [2.05, 4.69) is 15.2 Å². The molecule has 4 aromatic rings. The Morgan fingerprint density at radius 3 is 2.83 bits per heavy atom. The van der Waals surface area contributed by atoms with Crippen LogP contribution in [-0.2, 0) is 4.79 Å². The van der Waals surface area contributed by atoms with Crippen LogP contribution in [0.1, 0.15) is 32.1 Å². The molecule has 0 spiro atoms. The molecule has 2 aromatic carbocycles. The van der Waals surface area contributed by atoms with E-state index in [0.717, 1.165) is 37.1 Å². The summed E-state index contributed by atoms with van der Waals surface area (Å²) >= 11 is 3.02. The lowest BCUT2D eigenvalue weighted by atomic mass is 9.95. The molecule has 6 aliphatic rings. The van der Waals surface area contributed by atoms with E-state index >= 15 is 4.39 Å². The highest BCUT2D eigenvalue weighted by Crippen LogP contribution is 2.50. The number of fused-ring (bicyclic) bond motifs is 3. The van der Waals surface area contributed by atoms with Gasteiger partial charge in [-0.3, -0.25) is 15.0 Å². The highest BCUT2D eigenvalue weighted by Gasteiger charge is 2.55. The maximum Gasteiger partial charge on any atom is 0.319 e. The van der Waals surface area contributed by atoms with Crippen molar-refractivity contribution in [2.24, 2.45) is 5.92 Å². The number of carbonyl (C=O) groups excluding carboxylic acids is 1. The summed E-state index contributed by atoms with van der Waals surface area (Å²) in [6, 6.07) is 3.12.